The van der Waals surface area contributed by atoms with E-state index in [-0.39, 0.29) is 22.4 Å². The number of amides is 1. The summed E-state index contributed by atoms with van der Waals surface area (Å²) in [4.78, 5) is 20.5. The number of hydroxylamine groups is 1. The van der Waals surface area contributed by atoms with E-state index in [0.717, 1.165) is 4.31 Å². The molecule has 0 bridgehead atoms. The lowest BCUT2D eigenvalue weighted by Crippen LogP contribution is -2.24. The predicted octanol–water partition coefficient (Wildman–Crippen LogP) is 1.95. The van der Waals surface area contributed by atoms with Crippen LogP contribution in [-0.4, -0.2) is 44.8 Å². The van der Waals surface area contributed by atoms with E-state index >= 15 is 0 Å². The quantitative estimate of drug-likeness (QED) is 0.546. The van der Waals surface area contributed by atoms with Crippen molar-refractivity contribution in [2.24, 2.45) is 0 Å². The normalized spacial score (nSPS) is 11.4. The molecule has 2 N–H and O–H groups in total. The van der Waals surface area contributed by atoms with E-state index in [1.807, 2.05) is 0 Å². The topological polar surface area (TPSA) is 101 Å². The van der Waals surface area contributed by atoms with Gasteiger partial charge in [-0.3, -0.25) is 9.63 Å². The van der Waals surface area contributed by atoms with Gasteiger partial charge in [0.05, 0.1) is 19.2 Å². The SMILES string of the molecule is CONC(=O)Cc1cnc(Cl)cc1Nc1ccccc1S(=O)(=O)N(C)C. The molecule has 140 valence electrons. The zero-order valence-electron chi connectivity index (χ0n) is 14.5. The summed E-state index contributed by atoms with van der Waals surface area (Å²) in [5.74, 6) is -0.381. The molecule has 0 radical (unpaired) electrons. The fourth-order valence-corrected chi connectivity index (χ4v) is 3.37. The average molecular weight is 399 g/mol. The Morgan fingerprint density at radius 2 is 1.96 bits per heavy atom. The Morgan fingerprint density at radius 3 is 2.62 bits per heavy atom. The van der Waals surface area contributed by atoms with Gasteiger partial charge in [-0.15, -0.1) is 0 Å². The average Bonchev–Trinajstić information content (AvgIpc) is 2.58. The molecule has 2 aromatic rings. The first-order chi connectivity index (χ1) is 12.3. The van der Waals surface area contributed by atoms with Crippen molar-refractivity contribution in [3.8, 4) is 0 Å². The number of para-hydroxylation sites is 1. The van der Waals surface area contributed by atoms with E-state index in [9.17, 15) is 13.2 Å². The molecule has 0 spiro atoms. The van der Waals surface area contributed by atoms with E-state index in [2.05, 4.69) is 20.6 Å². The summed E-state index contributed by atoms with van der Waals surface area (Å²) in [7, 11) is 0.582. The molecule has 0 atom stereocenters. The van der Waals surface area contributed by atoms with Gasteiger partial charge in [-0.05, 0) is 18.2 Å². The molecular formula is C16H19ClN4O4S. The Morgan fingerprint density at radius 1 is 1.27 bits per heavy atom. The molecule has 10 heteroatoms. The molecule has 26 heavy (non-hydrogen) atoms. The monoisotopic (exact) mass is 398 g/mol. The second kappa shape index (κ2) is 8.45. The molecule has 8 nitrogen and oxygen atoms in total. The van der Waals surface area contributed by atoms with Crippen LogP contribution in [0.1, 0.15) is 5.56 Å². The van der Waals surface area contributed by atoms with Crippen LogP contribution in [0.3, 0.4) is 0 Å². The van der Waals surface area contributed by atoms with Gasteiger partial charge in [0, 0.05) is 31.5 Å². The maximum Gasteiger partial charge on any atom is 0.248 e. The van der Waals surface area contributed by atoms with Gasteiger partial charge < -0.3 is 5.32 Å². The van der Waals surface area contributed by atoms with E-state index in [1.54, 1.807) is 18.2 Å². The van der Waals surface area contributed by atoms with Gasteiger partial charge in [0.1, 0.15) is 10.0 Å². The third-order valence-corrected chi connectivity index (χ3v) is 5.51. The fourth-order valence-electron chi connectivity index (χ4n) is 2.17. The van der Waals surface area contributed by atoms with Crippen molar-refractivity contribution in [3.05, 3.63) is 47.2 Å². The lowest BCUT2D eigenvalue weighted by Gasteiger charge is -2.17. The van der Waals surface area contributed by atoms with Crippen molar-refractivity contribution in [1.82, 2.24) is 14.8 Å². The second-order valence-corrected chi connectivity index (χ2v) is 7.99. The third-order valence-electron chi connectivity index (χ3n) is 3.44. The van der Waals surface area contributed by atoms with Gasteiger partial charge in [-0.1, -0.05) is 23.7 Å². The predicted molar refractivity (Wildman–Crippen MR) is 98.7 cm³/mol. The fraction of sp³-hybridized carbons (Fsp3) is 0.250. The first-order valence-corrected chi connectivity index (χ1v) is 9.32. The van der Waals surface area contributed by atoms with E-state index < -0.39 is 10.0 Å². The Labute approximate surface area is 157 Å². The zero-order chi connectivity index (χ0) is 19.3. The highest BCUT2D eigenvalue weighted by Crippen LogP contribution is 2.29. The molecule has 0 aliphatic rings. The largest absolute Gasteiger partial charge is 0.354 e. The van der Waals surface area contributed by atoms with Crippen LogP contribution in [0.25, 0.3) is 0 Å². The number of carbonyl (C=O) groups is 1. The molecule has 1 heterocycles. The van der Waals surface area contributed by atoms with Gasteiger partial charge in [-0.25, -0.2) is 23.2 Å². The number of carbonyl (C=O) groups excluding carboxylic acids is 1. The molecule has 0 unspecified atom stereocenters. The number of rotatable bonds is 7. The maximum absolute atomic E-state index is 12.5. The summed E-state index contributed by atoms with van der Waals surface area (Å²) in [6.07, 6.45) is 1.42. The summed E-state index contributed by atoms with van der Waals surface area (Å²) in [6, 6.07) is 7.99. The maximum atomic E-state index is 12.5. The number of anilines is 2. The van der Waals surface area contributed by atoms with Crippen LogP contribution in [0.2, 0.25) is 5.15 Å². The van der Waals surface area contributed by atoms with Crippen molar-refractivity contribution >= 4 is 38.9 Å². The van der Waals surface area contributed by atoms with E-state index in [0.29, 0.717) is 16.9 Å². The van der Waals surface area contributed by atoms with Crippen LogP contribution in [0.5, 0.6) is 0 Å². The lowest BCUT2D eigenvalue weighted by atomic mass is 10.1. The van der Waals surface area contributed by atoms with Gasteiger partial charge in [0.25, 0.3) is 0 Å². The molecule has 0 fully saturated rings. The number of nitrogens with zero attached hydrogens (tertiary/aromatic N) is 2. The van der Waals surface area contributed by atoms with Crippen LogP contribution < -0.4 is 10.8 Å². The number of hydrogen-bond acceptors (Lipinski definition) is 6. The minimum Gasteiger partial charge on any atom is -0.354 e. The smallest absolute Gasteiger partial charge is 0.248 e. The standard InChI is InChI=1S/C16H19ClN4O4S/c1-21(2)26(23,24)14-7-5-4-6-12(14)19-13-9-15(17)18-10-11(13)8-16(22)20-25-3/h4-7,9-10H,8H2,1-3H3,(H,18,19)(H,20,22). The number of benzene rings is 1. The summed E-state index contributed by atoms with van der Waals surface area (Å²) >= 11 is 5.96. The number of halogens is 1. The molecule has 2 rings (SSSR count). The minimum atomic E-state index is -3.66. The number of nitrogens with one attached hydrogen (secondary N) is 2. The Kier molecular flexibility index (Phi) is 6.54. The summed E-state index contributed by atoms with van der Waals surface area (Å²) < 4.78 is 26.2. The van der Waals surface area contributed by atoms with Gasteiger partial charge >= 0.3 is 0 Å². The second-order valence-electron chi connectivity index (χ2n) is 5.48. The number of pyridine rings is 1. The van der Waals surface area contributed by atoms with Gasteiger partial charge in [-0.2, -0.15) is 0 Å². The summed E-state index contributed by atoms with van der Waals surface area (Å²) in [5.41, 5.74) is 3.58. The molecule has 1 aromatic carbocycles. The molecule has 0 aliphatic heterocycles. The minimum absolute atomic E-state index is 0.0249. The number of hydrogen-bond donors (Lipinski definition) is 2. The van der Waals surface area contributed by atoms with Crippen LogP contribution in [0, 0.1) is 0 Å². The molecule has 0 saturated heterocycles. The Balaban J connectivity index is 2.44. The highest BCUT2D eigenvalue weighted by molar-refractivity contribution is 7.89. The van der Waals surface area contributed by atoms with Crippen LogP contribution >= 0.6 is 11.6 Å². The highest BCUT2D eigenvalue weighted by Gasteiger charge is 2.21. The van der Waals surface area contributed by atoms with Crippen LogP contribution in [-0.2, 0) is 26.1 Å². The molecule has 0 aliphatic carbocycles. The first-order valence-electron chi connectivity index (χ1n) is 7.50. The van der Waals surface area contributed by atoms with Crippen molar-refractivity contribution in [1.29, 1.82) is 0 Å². The Hall–Kier alpha value is -2.20. The molecule has 1 amide bonds. The molecule has 0 saturated carbocycles. The van der Waals surface area contributed by atoms with Crippen molar-refractivity contribution in [2.75, 3.05) is 26.5 Å². The van der Waals surface area contributed by atoms with Crippen LogP contribution in [0.4, 0.5) is 11.4 Å². The summed E-state index contributed by atoms with van der Waals surface area (Å²) in [5, 5.41) is 3.24. The van der Waals surface area contributed by atoms with E-state index in [1.165, 1.54) is 39.5 Å². The van der Waals surface area contributed by atoms with Gasteiger partial charge in [0.2, 0.25) is 15.9 Å². The zero-order valence-corrected chi connectivity index (χ0v) is 16.1. The van der Waals surface area contributed by atoms with E-state index in [4.69, 9.17) is 11.6 Å². The van der Waals surface area contributed by atoms with Crippen molar-refractivity contribution < 1.29 is 18.0 Å². The van der Waals surface area contributed by atoms with Gasteiger partial charge in [0.15, 0.2) is 0 Å². The highest BCUT2D eigenvalue weighted by atomic mass is 35.5. The molecule has 1 aromatic heterocycles. The van der Waals surface area contributed by atoms with Crippen molar-refractivity contribution in [3.63, 3.8) is 0 Å². The third kappa shape index (κ3) is 4.70. The molecular weight excluding hydrogens is 380 g/mol. The van der Waals surface area contributed by atoms with Crippen LogP contribution in [0.15, 0.2) is 41.4 Å². The first kappa shape index (κ1) is 20.1. The Bertz CT molecular complexity index is 903. The van der Waals surface area contributed by atoms with Crippen molar-refractivity contribution in [2.45, 2.75) is 11.3 Å². The number of sulfonamides is 1. The summed E-state index contributed by atoms with van der Waals surface area (Å²) in [6.45, 7) is 0. The lowest BCUT2D eigenvalue weighted by molar-refractivity contribution is -0.130. The number of aromatic nitrogens is 1.